The summed E-state index contributed by atoms with van der Waals surface area (Å²) in [6, 6.07) is 9.14. The number of hydrogen-bond donors (Lipinski definition) is 1. The Bertz CT molecular complexity index is 591. The summed E-state index contributed by atoms with van der Waals surface area (Å²) in [5.41, 5.74) is 1.06. The monoisotopic (exact) mass is 228 g/mol. The summed E-state index contributed by atoms with van der Waals surface area (Å²) in [6.45, 7) is 1.94. The summed E-state index contributed by atoms with van der Waals surface area (Å²) < 4.78 is 0. The molecule has 0 spiro atoms. The van der Waals surface area contributed by atoms with Crippen molar-refractivity contribution in [3.05, 3.63) is 36.0 Å². The lowest BCUT2D eigenvalue weighted by Crippen LogP contribution is -2.01. The fourth-order valence-corrected chi connectivity index (χ4v) is 1.55. The lowest BCUT2D eigenvalue weighted by Gasteiger charge is -2.03. The molecule has 1 aromatic heterocycles. The van der Waals surface area contributed by atoms with Gasteiger partial charge in [-0.3, -0.25) is 4.99 Å². The van der Waals surface area contributed by atoms with Gasteiger partial charge in [0, 0.05) is 11.6 Å². The van der Waals surface area contributed by atoms with E-state index < -0.39 is 5.97 Å². The first-order valence-electron chi connectivity index (χ1n) is 5.38. The van der Waals surface area contributed by atoms with Gasteiger partial charge < -0.3 is 5.11 Å². The maximum absolute atomic E-state index is 11.1. The highest BCUT2D eigenvalue weighted by molar-refractivity contribution is 5.96. The van der Waals surface area contributed by atoms with E-state index in [1.165, 1.54) is 0 Å². The van der Waals surface area contributed by atoms with E-state index in [4.69, 9.17) is 5.11 Å². The molecule has 4 heteroatoms. The number of aromatic carboxylic acids is 1. The number of rotatable bonds is 3. The van der Waals surface area contributed by atoms with E-state index in [0.717, 1.165) is 11.8 Å². The number of aliphatic imine (C=N–C) groups is 1. The molecule has 0 atom stereocenters. The fraction of sp³-hybridized carbons (Fsp3) is 0.154. The molecule has 0 aliphatic heterocycles. The zero-order valence-electron chi connectivity index (χ0n) is 9.42. The van der Waals surface area contributed by atoms with Crippen LogP contribution >= 0.6 is 0 Å². The molecule has 0 aliphatic carbocycles. The molecule has 0 radical (unpaired) electrons. The summed E-state index contributed by atoms with van der Waals surface area (Å²) in [7, 11) is 0. The van der Waals surface area contributed by atoms with Crippen LogP contribution in [0.1, 0.15) is 23.8 Å². The molecule has 0 unspecified atom stereocenters. The van der Waals surface area contributed by atoms with Crippen LogP contribution in [0.15, 0.2) is 35.3 Å². The van der Waals surface area contributed by atoms with Gasteiger partial charge in [0.15, 0.2) is 5.69 Å². The van der Waals surface area contributed by atoms with Crippen LogP contribution in [0.25, 0.3) is 10.9 Å². The highest BCUT2D eigenvalue weighted by Crippen LogP contribution is 2.23. The lowest BCUT2D eigenvalue weighted by molar-refractivity contribution is 0.0692. The Labute approximate surface area is 98.6 Å². The molecule has 0 fully saturated rings. The van der Waals surface area contributed by atoms with Gasteiger partial charge in [0.05, 0.1) is 11.2 Å². The lowest BCUT2D eigenvalue weighted by atomic mass is 10.2. The van der Waals surface area contributed by atoms with Gasteiger partial charge in [-0.2, -0.15) is 0 Å². The highest BCUT2D eigenvalue weighted by Gasteiger charge is 2.12. The van der Waals surface area contributed by atoms with Crippen molar-refractivity contribution < 1.29 is 9.90 Å². The molecule has 0 aliphatic rings. The van der Waals surface area contributed by atoms with Gasteiger partial charge >= 0.3 is 5.97 Å². The maximum atomic E-state index is 11.1. The molecule has 17 heavy (non-hydrogen) atoms. The third-order valence-electron chi connectivity index (χ3n) is 2.32. The average Bonchev–Trinajstić information content (AvgIpc) is 2.35. The van der Waals surface area contributed by atoms with Crippen molar-refractivity contribution in [2.45, 2.75) is 13.3 Å². The summed E-state index contributed by atoms with van der Waals surface area (Å²) in [6.07, 6.45) is 2.43. The Kier molecular flexibility index (Phi) is 3.14. The first kappa shape index (κ1) is 11.3. The Morgan fingerprint density at radius 3 is 2.94 bits per heavy atom. The number of pyridine rings is 1. The van der Waals surface area contributed by atoms with Crippen molar-refractivity contribution in [1.82, 2.24) is 4.98 Å². The van der Waals surface area contributed by atoms with E-state index in [-0.39, 0.29) is 5.69 Å². The number of carboxylic acid groups (broad SMARTS) is 1. The zero-order chi connectivity index (χ0) is 12.3. The molecular weight excluding hydrogens is 216 g/mol. The number of hydrogen-bond acceptors (Lipinski definition) is 3. The average molecular weight is 228 g/mol. The topological polar surface area (TPSA) is 62.5 Å². The van der Waals surface area contributed by atoms with Crippen molar-refractivity contribution in [3.63, 3.8) is 0 Å². The van der Waals surface area contributed by atoms with Crippen LogP contribution in [-0.4, -0.2) is 22.3 Å². The molecular formula is C13H12N2O2. The van der Waals surface area contributed by atoms with E-state index in [1.54, 1.807) is 18.3 Å². The number of benzene rings is 1. The number of nitrogens with zero attached hydrogens (tertiary/aromatic N) is 2. The molecule has 0 saturated heterocycles. The minimum absolute atomic E-state index is 0.00611. The van der Waals surface area contributed by atoms with E-state index in [1.807, 2.05) is 25.1 Å². The second-order valence-corrected chi connectivity index (χ2v) is 3.57. The number of para-hydroxylation sites is 1. The third kappa shape index (κ3) is 2.30. The van der Waals surface area contributed by atoms with E-state index in [9.17, 15) is 4.79 Å². The van der Waals surface area contributed by atoms with Crippen LogP contribution in [0.5, 0.6) is 0 Å². The normalized spacial score (nSPS) is 11.1. The molecule has 1 heterocycles. The Morgan fingerprint density at radius 1 is 1.47 bits per heavy atom. The zero-order valence-corrected chi connectivity index (χ0v) is 9.42. The Balaban J connectivity index is 2.66. The molecule has 4 nitrogen and oxygen atoms in total. The van der Waals surface area contributed by atoms with Crippen LogP contribution in [0, 0.1) is 0 Å². The quantitative estimate of drug-likeness (QED) is 0.821. The predicted octanol–water partition coefficient (Wildman–Crippen LogP) is 3.05. The highest BCUT2D eigenvalue weighted by atomic mass is 16.4. The standard InChI is InChI=1S/C13H12N2O2/c1-2-7-14-11-8-9-5-3-4-6-10(9)15-12(11)13(16)17/h3-8H,2H2,1H3,(H,16,17). The van der Waals surface area contributed by atoms with Crippen molar-refractivity contribution in [2.24, 2.45) is 4.99 Å². The van der Waals surface area contributed by atoms with Gasteiger partial charge in [0.25, 0.3) is 0 Å². The Hall–Kier alpha value is -2.23. The SMILES string of the molecule is CCC=Nc1cc2ccccc2nc1C(=O)O. The molecule has 1 aromatic carbocycles. The molecule has 0 bridgehead atoms. The van der Waals surface area contributed by atoms with Crippen molar-refractivity contribution in [1.29, 1.82) is 0 Å². The number of aromatic nitrogens is 1. The second kappa shape index (κ2) is 4.74. The minimum Gasteiger partial charge on any atom is -0.476 e. The summed E-state index contributed by atoms with van der Waals surface area (Å²) in [5, 5.41) is 9.98. The first-order valence-corrected chi connectivity index (χ1v) is 5.38. The molecule has 0 amide bonds. The molecule has 86 valence electrons. The fourth-order valence-electron chi connectivity index (χ4n) is 1.55. The first-order chi connectivity index (χ1) is 8.22. The molecule has 1 N–H and O–H groups in total. The molecule has 2 rings (SSSR count). The van der Waals surface area contributed by atoms with Crippen LogP contribution in [0.2, 0.25) is 0 Å². The van der Waals surface area contributed by atoms with Gasteiger partial charge in [-0.1, -0.05) is 25.1 Å². The summed E-state index contributed by atoms with van der Waals surface area (Å²) in [4.78, 5) is 19.3. The van der Waals surface area contributed by atoms with Crippen LogP contribution < -0.4 is 0 Å². The minimum atomic E-state index is -1.06. The number of fused-ring (bicyclic) bond motifs is 1. The summed E-state index contributed by atoms with van der Waals surface area (Å²) >= 11 is 0. The summed E-state index contributed by atoms with van der Waals surface area (Å²) in [5.74, 6) is -1.06. The van der Waals surface area contributed by atoms with Gasteiger partial charge in [-0.25, -0.2) is 9.78 Å². The van der Waals surface area contributed by atoms with Crippen LogP contribution in [-0.2, 0) is 0 Å². The van der Waals surface area contributed by atoms with Gasteiger partial charge in [0.1, 0.15) is 0 Å². The maximum Gasteiger partial charge on any atom is 0.356 e. The number of carboxylic acids is 1. The van der Waals surface area contributed by atoms with Crippen LogP contribution in [0.3, 0.4) is 0 Å². The predicted molar refractivity (Wildman–Crippen MR) is 67.1 cm³/mol. The van der Waals surface area contributed by atoms with E-state index in [2.05, 4.69) is 9.98 Å². The van der Waals surface area contributed by atoms with Gasteiger partial charge in [-0.15, -0.1) is 0 Å². The van der Waals surface area contributed by atoms with Crippen molar-refractivity contribution in [3.8, 4) is 0 Å². The Morgan fingerprint density at radius 2 is 2.24 bits per heavy atom. The van der Waals surface area contributed by atoms with E-state index >= 15 is 0 Å². The largest absolute Gasteiger partial charge is 0.476 e. The third-order valence-corrected chi connectivity index (χ3v) is 2.32. The van der Waals surface area contributed by atoms with Crippen molar-refractivity contribution >= 4 is 28.8 Å². The van der Waals surface area contributed by atoms with Gasteiger partial charge in [0.2, 0.25) is 0 Å². The number of carbonyl (C=O) groups is 1. The van der Waals surface area contributed by atoms with Crippen molar-refractivity contribution in [2.75, 3.05) is 0 Å². The van der Waals surface area contributed by atoms with Crippen LogP contribution in [0.4, 0.5) is 5.69 Å². The molecule has 0 saturated carbocycles. The van der Waals surface area contributed by atoms with Gasteiger partial charge in [-0.05, 0) is 18.6 Å². The smallest absolute Gasteiger partial charge is 0.356 e. The second-order valence-electron chi connectivity index (χ2n) is 3.57. The molecule has 2 aromatic rings. The van der Waals surface area contributed by atoms with E-state index in [0.29, 0.717) is 11.2 Å².